The zero-order valence-corrected chi connectivity index (χ0v) is 12.6. The van der Waals surface area contributed by atoms with Crippen LogP contribution < -0.4 is 9.79 Å². The Hall–Kier alpha value is -2.45. The Balaban J connectivity index is 2.27. The molecule has 0 saturated carbocycles. The van der Waals surface area contributed by atoms with Crippen LogP contribution in [-0.2, 0) is 15.8 Å². The lowest BCUT2D eigenvalue weighted by Crippen LogP contribution is -2.28. The molecule has 0 aliphatic heterocycles. The first-order valence-electron chi connectivity index (χ1n) is 6.35. The molecule has 2 rings (SSSR count). The van der Waals surface area contributed by atoms with Gasteiger partial charge in [-0.2, -0.15) is 0 Å². The topological polar surface area (TPSA) is 99.6 Å². The number of anilines is 1. The Bertz CT molecular complexity index is 763. The number of hydrogen-bond donors (Lipinski definition) is 2. The molecule has 0 aliphatic rings. The lowest BCUT2D eigenvalue weighted by atomic mass is 10.2. The lowest BCUT2D eigenvalue weighted by Gasteiger charge is -2.19. The molecule has 1 heterocycles. The van der Waals surface area contributed by atoms with Gasteiger partial charge in [-0.15, -0.1) is 0 Å². The Kier molecular flexibility index (Phi) is 4.74. The van der Waals surface area contributed by atoms with Crippen LogP contribution in [0.2, 0.25) is 0 Å². The van der Waals surface area contributed by atoms with Crippen molar-refractivity contribution in [3.8, 4) is 0 Å². The SMILES string of the molecule is CN(c1ccnc(C(=O)NO)c1)S(=O)(=O)Cc1ccccc1. The number of carbonyl (C=O) groups is 1. The normalized spacial score (nSPS) is 11.0. The lowest BCUT2D eigenvalue weighted by molar-refractivity contribution is 0.0701. The van der Waals surface area contributed by atoms with E-state index < -0.39 is 15.9 Å². The second kappa shape index (κ2) is 6.54. The molecule has 1 aromatic carbocycles. The van der Waals surface area contributed by atoms with Crippen LogP contribution in [0.25, 0.3) is 0 Å². The van der Waals surface area contributed by atoms with Gasteiger partial charge in [-0.05, 0) is 17.7 Å². The monoisotopic (exact) mass is 321 g/mol. The van der Waals surface area contributed by atoms with E-state index in [-0.39, 0.29) is 17.1 Å². The summed E-state index contributed by atoms with van der Waals surface area (Å²) in [5, 5.41) is 8.60. The number of benzene rings is 1. The minimum atomic E-state index is -3.60. The molecule has 116 valence electrons. The molecule has 0 saturated heterocycles. The van der Waals surface area contributed by atoms with Gasteiger partial charge >= 0.3 is 0 Å². The highest BCUT2D eigenvalue weighted by Crippen LogP contribution is 2.19. The van der Waals surface area contributed by atoms with Crippen LogP contribution in [0.15, 0.2) is 48.7 Å². The number of pyridine rings is 1. The quantitative estimate of drug-likeness (QED) is 0.636. The Morgan fingerprint density at radius 3 is 2.59 bits per heavy atom. The highest BCUT2D eigenvalue weighted by atomic mass is 32.2. The average Bonchev–Trinajstić information content (AvgIpc) is 2.54. The van der Waals surface area contributed by atoms with Gasteiger partial charge in [-0.1, -0.05) is 30.3 Å². The molecule has 1 amide bonds. The van der Waals surface area contributed by atoms with Gasteiger partial charge in [0.05, 0.1) is 11.4 Å². The minimum absolute atomic E-state index is 0.0817. The second-order valence-electron chi connectivity index (χ2n) is 4.55. The van der Waals surface area contributed by atoms with Crippen LogP contribution in [0.4, 0.5) is 5.69 Å². The number of aromatic nitrogens is 1. The molecule has 7 nitrogen and oxygen atoms in total. The van der Waals surface area contributed by atoms with Crippen molar-refractivity contribution in [1.29, 1.82) is 0 Å². The van der Waals surface area contributed by atoms with Crippen molar-refractivity contribution in [2.24, 2.45) is 0 Å². The van der Waals surface area contributed by atoms with Gasteiger partial charge < -0.3 is 0 Å². The molecule has 0 spiro atoms. The van der Waals surface area contributed by atoms with Crippen LogP contribution in [-0.4, -0.2) is 31.6 Å². The standard InChI is InChI=1S/C14H15N3O4S/c1-17(12-7-8-15-13(9-12)14(18)16-19)22(20,21)10-11-5-3-2-4-6-11/h2-9,19H,10H2,1H3,(H,16,18). The molecule has 0 bridgehead atoms. The number of rotatable bonds is 5. The summed E-state index contributed by atoms with van der Waals surface area (Å²) in [6.45, 7) is 0. The highest BCUT2D eigenvalue weighted by molar-refractivity contribution is 7.92. The molecule has 0 unspecified atom stereocenters. The van der Waals surface area contributed by atoms with E-state index in [1.165, 1.54) is 30.9 Å². The van der Waals surface area contributed by atoms with E-state index in [1.807, 2.05) is 6.07 Å². The molecule has 0 aliphatic carbocycles. The van der Waals surface area contributed by atoms with E-state index >= 15 is 0 Å². The van der Waals surface area contributed by atoms with E-state index in [0.29, 0.717) is 5.56 Å². The Morgan fingerprint density at radius 1 is 1.27 bits per heavy atom. The first kappa shape index (κ1) is 15.9. The first-order valence-corrected chi connectivity index (χ1v) is 7.96. The van der Waals surface area contributed by atoms with Crippen LogP contribution in [0.3, 0.4) is 0 Å². The van der Waals surface area contributed by atoms with Crippen LogP contribution in [0.1, 0.15) is 16.1 Å². The van der Waals surface area contributed by atoms with Gasteiger partial charge in [0.15, 0.2) is 0 Å². The van der Waals surface area contributed by atoms with E-state index in [1.54, 1.807) is 24.3 Å². The molecular formula is C14H15N3O4S. The molecule has 8 heteroatoms. The summed E-state index contributed by atoms with van der Waals surface area (Å²) in [5.41, 5.74) is 2.32. The summed E-state index contributed by atoms with van der Waals surface area (Å²) < 4.78 is 25.9. The predicted octanol–water partition coefficient (Wildman–Crippen LogP) is 1.17. The maximum absolute atomic E-state index is 12.4. The largest absolute Gasteiger partial charge is 0.293 e. The fraction of sp³-hybridized carbons (Fsp3) is 0.143. The maximum atomic E-state index is 12.4. The third-order valence-corrected chi connectivity index (χ3v) is 4.79. The van der Waals surface area contributed by atoms with Gasteiger partial charge in [0.1, 0.15) is 5.69 Å². The zero-order valence-electron chi connectivity index (χ0n) is 11.8. The van der Waals surface area contributed by atoms with E-state index in [0.717, 1.165) is 4.31 Å². The van der Waals surface area contributed by atoms with Gasteiger partial charge in [0, 0.05) is 13.2 Å². The van der Waals surface area contributed by atoms with Crippen LogP contribution in [0.5, 0.6) is 0 Å². The Morgan fingerprint density at radius 2 is 1.95 bits per heavy atom. The maximum Gasteiger partial charge on any atom is 0.293 e. The minimum Gasteiger partial charge on any atom is -0.288 e. The van der Waals surface area contributed by atoms with E-state index in [9.17, 15) is 13.2 Å². The summed E-state index contributed by atoms with van der Waals surface area (Å²) >= 11 is 0. The number of carbonyl (C=O) groups excluding carboxylic acids is 1. The fourth-order valence-corrected chi connectivity index (χ4v) is 3.08. The van der Waals surface area contributed by atoms with Gasteiger partial charge in [-0.3, -0.25) is 19.3 Å². The van der Waals surface area contributed by atoms with Crippen molar-refractivity contribution in [3.05, 3.63) is 59.9 Å². The third-order valence-electron chi connectivity index (χ3n) is 3.05. The molecule has 0 radical (unpaired) electrons. The predicted molar refractivity (Wildman–Crippen MR) is 81.0 cm³/mol. The van der Waals surface area contributed by atoms with Crippen molar-refractivity contribution in [2.45, 2.75) is 5.75 Å². The number of nitrogens with one attached hydrogen (secondary N) is 1. The number of nitrogens with zero attached hydrogens (tertiary/aromatic N) is 2. The third kappa shape index (κ3) is 3.60. The Labute approximate surface area is 128 Å². The smallest absolute Gasteiger partial charge is 0.288 e. The highest BCUT2D eigenvalue weighted by Gasteiger charge is 2.20. The molecule has 2 N–H and O–H groups in total. The summed E-state index contributed by atoms with van der Waals surface area (Å²) in [7, 11) is -2.21. The second-order valence-corrected chi connectivity index (χ2v) is 6.55. The van der Waals surface area contributed by atoms with Gasteiger partial charge in [0.2, 0.25) is 10.0 Å². The summed E-state index contributed by atoms with van der Waals surface area (Å²) in [4.78, 5) is 15.1. The number of sulfonamides is 1. The number of hydrogen-bond acceptors (Lipinski definition) is 5. The van der Waals surface area contributed by atoms with Crippen LogP contribution >= 0.6 is 0 Å². The van der Waals surface area contributed by atoms with Crippen molar-refractivity contribution < 1.29 is 18.4 Å². The number of hydroxylamine groups is 1. The van der Waals surface area contributed by atoms with Crippen molar-refractivity contribution in [3.63, 3.8) is 0 Å². The van der Waals surface area contributed by atoms with Crippen molar-refractivity contribution >= 4 is 21.6 Å². The van der Waals surface area contributed by atoms with Crippen molar-refractivity contribution in [1.82, 2.24) is 10.5 Å². The van der Waals surface area contributed by atoms with Crippen molar-refractivity contribution in [2.75, 3.05) is 11.4 Å². The van der Waals surface area contributed by atoms with Gasteiger partial charge in [-0.25, -0.2) is 13.9 Å². The molecule has 2 aromatic rings. The van der Waals surface area contributed by atoms with E-state index in [2.05, 4.69) is 4.98 Å². The molecule has 1 aromatic heterocycles. The summed E-state index contributed by atoms with van der Waals surface area (Å²) in [6.07, 6.45) is 1.30. The summed E-state index contributed by atoms with van der Waals surface area (Å²) in [6, 6.07) is 11.5. The summed E-state index contributed by atoms with van der Waals surface area (Å²) in [5.74, 6) is -0.968. The van der Waals surface area contributed by atoms with Gasteiger partial charge in [0.25, 0.3) is 5.91 Å². The molecule has 0 atom stereocenters. The van der Waals surface area contributed by atoms with Crippen LogP contribution in [0, 0.1) is 0 Å². The van der Waals surface area contributed by atoms with E-state index in [4.69, 9.17) is 5.21 Å². The molecular weight excluding hydrogens is 306 g/mol. The molecule has 22 heavy (non-hydrogen) atoms. The first-order chi connectivity index (χ1) is 10.4. The average molecular weight is 321 g/mol. The zero-order chi connectivity index (χ0) is 16.2. The molecule has 0 fully saturated rings. The fourth-order valence-electron chi connectivity index (χ4n) is 1.84. The number of amides is 1.